The molecule has 140 valence electrons. The van der Waals surface area contributed by atoms with Gasteiger partial charge in [0.25, 0.3) is 0 Å². The van der Waals surface area contributed by atoms with Crippen molar-refractivity contribution in [3.63, 3.8) is 0 Å². The quantitative estimate of drug-likeness (QED) is 0.586. The standard InChI is InChI=1S/C20H26N2O4/c21-12-8-14(24)17-16-11(12)7-15-20(25)4-3-13(23)18(26-17)19(16,20)5-6-22(15)9-10-1-2-10/h8,10,13,15,18,23-25H,1-7,9,21H2/t13-,15-,18+,19+,20-/m1/s1. The van der Waals surface area contributed by atoms with E-state index >= 15 is 0 Å². The van der Waals surface area contributed by atoms with Gasteiger partial charge in [0.15, 0.2) is 11.5 Å². The van der Waals surface area contributed by atoms with Crippen LogP contribution in [0.5, 0.6) is 11.5 Å². The van der Waals surface area contributed by atoms with Crippen molar-refractivity contribution < 1.29 is 20.1 Å². The molecule has 0 unspecified atom stereocenters. The first-order valence-corrected chi connectivity index (χ1v) is 9.91. The predicted molar refractivity (Wildman–Crippen MR) is 95.2 cm³/mol. The molecule has 0 aromatic heterocycles. The summed E-state index contributed by atoms with van der Waals surface area (Å²) in [5.74, 6) is 1.22. The van der Waals surface area contributed by atoms with Gasteiger partial charge in [-0.1, -0.05) is 0 Å². The van der Waals surface area contributed by atoms with Crippen LogP contribution in [0.3, 0.4) is 0 Å². The van der Waals surface area contributed by atoms with Gasteiger partial charge in [0, 0.05) is 29.9 Å². The molecule has 6 rings (SSSR count). The van der Waals surface area contributed by atoms with Crippen LogP contribution >= 0.6 is 0 Å². The third kappa shape index (κ3) is 1.60. The number of nitrogens with two attached hydrogens (primary N) is 1. The predicted octanol–water partition coefficient (Wildman–Crippen LogP) is 0.899. The number of likely N-dealkylation sites (tertiary alicyclic amines) is 1. The van der Waals surface area contributed by atoms with Crippen molar-refractivity contribution in [3.05, 3.63) is 17.2 Å². The molecule has 1 saturated heterocycles. The van der Waals surface area contributed by atoms with Crippen LogP contribution in [0, 0.1) is 5.92 Å². The van der Waals surface area contributed by atoms with Crippen molar-refractivity contribution >= 4 is 5.69 Å². The van der Waals surface area contributed by atoms with E-state index in [1.54, 1.807) is 6.07 Å². The third-order valence-corrected chi connectivity index (χ3v) is 7.89. The Morgan fingerprint density at radius 1 is 1.27 bits per heavy atom. The van der Waals surface area contributed by atoms with E-state index in [4.69, 9.17) is 10.5 Å². The fraction of sp³-hybridized carbons (Fsp3) is 0.700. The lowest BCUT2D eigenvalue weighted by atomic mass is 9.48. The monoisotopic (exact) mass is 358 g/mol. The molecule has 1 aromatic carbocycles. The van der Waals surface area contributed by atoms with Crippen LogP contribution in [-0.4, -0.2) is 57.2 Å². The minimum absolute atomic E-state index is 0.000688. The second-order valence-corrected chi connectivity index (χ2v) is 9.12. The number of phenolic OH excluding ortho intramolecular Hbond substituents is 1. The van der Waals surface area contributed by atoms with E-state index in [-0.39, 0.29) is 11.8 Å². The van der Waals surface area contributed by atoms with Crippen LogP contribution in [0.25, 0.3) is 0 Å². The number of benzene rings is 1. The number of hydrogen-bond donors (Lipinski definition) is 4. The average Bonchev–Trinajstić information content (AvgIpc) is 3.33. The highest BCUT2D eigenvalue weighted by Gasteiger charge is 2.73. The molecule has 2 saturated carbocycles. The maximum Gasteiger partial charge on any atom is 0.165 e. The molecule has 5 atom stereocenters. The van der Waals surface area contributed by atoms with Crippen molar-refractivity contribution in [2.24, 2.45) is 5.92 Å². The minimum Gasteiger partial charge on any atom is -0.504 e. The number of ether oxygens (including phenoxy) is 1. The molecular formula is C20H26N2O4. The van der Waals surface area contributed by atoms with E-state index in [0.29, 0.717) is 30.7 Å². The van der Waals surface area contributed by atoms with Gasteiger partial charge in [-0.3, -0.25) is 4.90 Å². The van der Waals surface area contributed by atoms with E-state index in [0.717, 1.165) is 36.6 Å². The number of aliphatic hydroxyl groups is 2. The number of nitrogen functional groups attached to an aromatic ring is 1. The highest BCUT2D eigenvalue weighted by Crippen LogP contribution is 2.66. The summed E-state index contributed by atoms with van der Waals surface area (Å²) in [7, 11) is 0. The number of aromatic hydroxyl groups is 1. The van der Waals surface area contributed by atoms with Gasteiger partial charge < -0.3 is 25.8 Å². The van der Waals surface area contributed by atoms with Crippen LogP contribution in [0.15, 0.2) is 6.07 Å². The van der Waals surface area contributed by atoms with Crippen LogP contribution in [-0.2, 0) is 11.8 Å². The first-order chi connectivity index (χ1) is 12.5. The first-order valence-electron chi connectivity index (χ1n) is 9.91. The normalized spacial score (nSPS) is 43.1. The lowest BCUT2D eigenvalue weighted by Crippen LogP contribution is -2.77. The Morgan fingerprint density at radius 3 is 2.85 bits per heavy atom. The Balaban J connectivity index is 1.59. The Labute approximate surface area is 152 Å². The summed E-state index contributed by atoms with van der Waals surface area (Å²) in [4.78, 5) is 2.46. The van der Waals surface area contributed by atoms with Crippen LogP contribution in [0.4, 0.5) is 5.69 Å². The molecule has 2 aliphatic heterocycles. The van der Waals surface area contributed by atoms with E-state index in [9.17, 15) is 15.3 Å². The van der Waals surface area contributed by atoms with E-state index < -0.39 is 23.2 Å². The second kappa shape index (κ2) is 4.66. The largest absolute Gasteiger partial charge is 0.504 e. The molecular weight excluding hydrogens is 332 g/mol. The molecule has 2 bridgehead atoms. The first kappa shape index (κ1) is 15.5. The number of nitrogens with zero attached hydrogens (tertiary/aromatic N) is 1. The molecule has 6 nitrogen and oxygen atoms in total. The summed E-state index contributed by atoms with van der Waals surface area (Å²) in [6.07, 6.45) is 3.94. The number of aliphatic hydroxyl groups excluding tert-OH is 1. The molecule has 2 heterocycles. The summed E-state index contributed by atoms with van der Waals surface area (Å²) in [5, 5.41) is 33.2. The van der Waals surface area contributed by atoms with Gasteiger partial charge in [-0.25, -0.2) is 0 Å². The Kier molecular flexibility index (Phi) is 2.79. The zero-order valence-electron chi connectivity index (χ0n) is 14.8. The number of rotatable bonds is 2. The molecule has 0 amide bonds. The summed E-state index contributed by atoms with van der Waals surface area (Å²) >= 11 is 0. The lowest BCUT2D eigenvalue weighted by molar-refractivity contribution is -0.208. The average molecular weight is 358 g/mol. The fourth-order valence-corrected chi connectivity index (χ4v) is 6.57. The number of phenols is 1. The SMILES string of the molecule is Nc1cc(O)c2c3c1C[C@H]1N(CC4CC4)CC[C@@]34[C@@H](O2)[C@H](O)CC[C@@]14O. The molecule has 26 heavy (non-hydrogen) atoms. The van der Waals surface area contributed by atoms with E-state index in [2.05, 4.69) is 4.90 Å². The zero-order valence-corrected chi connectivity index (χ0v) is 14.8. The number of anilines is 1. The van der Waals surface area contributed by atoms with E-state index in [1.807, 2.05) is 0 Å². The summed E-state index contributed by atoms with van der Waals surface area (Å²) < 4.78 is 6.14. The highest BCUT2D eigenvalue weighted by molar-refractivity contribution is 5.70. The van der Waals surface area contributed by atoms with Crippen molar-refractivity contribution in [2.45, 2.75) is 67.8 Å². The molecule has 5 N–H and O–H groups in total. The van der Waals surface area contributed by atoms with Gasteiger partial charge in [0.1, 0.15) is 6.10 Å². The van der Waals surface area contributed by atoms with Gasteiger partial charge >= 0.3 is 0 Å². The highest BCUT2D eigenvalue weighted by atomic mass is 16.5. The summed E-state index contributed by atoms with van der Waals surface area (Å²) in [6.45, 7) is 1.93. The van der Waals surface area contributed by atoms with Crippen LogP contribution < -0.4 is 10.5 Å². The van der Waals surface area contributed by atoms with Gasteiger partial charge in [-0.2, -0.15) is 0 Å². The fourth-order valence-electron chi connectivity index (χ4n) is 6.57. The minimum atomic E-state index is -0.942. The van der Waals surface area contributed by atoms with Crippen molar-refractivity contribution in [3.8, 4) is 11.5 Å². The van der Waals surface area contributed by atoms with E-state index in [1.165, 1.54) is 12.8 Å². The number of hydrogen-bond acceptors (Lipinski definition) is 6. The summed E-state index contributed by atoms with van der Waals surface area (Å²) in [5.41, 5.74) is 7.16. The summed E-state index contributed by atoms with van der Waals surface area (Å²) in [6, 6.07) is 1.57. The molecule has 3 fully saturated rings. The maximum absolute atomic E-state index is 12.1. The van der Waals surface area contributed by atoms with Crippen LogP contribution in [0.1, 0.15) is 43.2 Å². The smallest absolute Gasteiger partial charge is 0.165 e. The topological polar surface area (TPSA) is 99.2 Å². The molecule has 5 aliphatic rings. The Hall–Kier alpha value is -1.50. The lowest BCUT2D eigenvalue weighted by Gasteiger charge is -2.63. The van der Waals surface area contributed by atoms with Crippen molar-refractivity contribution in [1.82, 2.24) is 4.90 Å². The molecule has 0 radical (unpaired) electrons. The van der Waals surface area contributed by atoms with Crippen molar-refractivity contribution in [2.75, 3.05) is 18.8 Å². The molecule has 1 spiro atoms. The zero-order chi connectivity index (χ0) is 17.8. The Bertz CT molecular complexity index is 809. The third-order valence-electron chi connectivity index (χ3n) is 7.89. The van der Waals surface area contributed by atoms with Gasteiger partial charge in [0.2, 0.25) is 0 Å². The molecule has 3 aliphatic carbocycles. The van der Waals surface area contributed by atoms with Gasteiger partial charge in [0.05, 0.1) is 17.1 Å². The maximum atomic E-state index is 12.1. The van der Waals surface area contributed by atoms with Gasteiger partial charge in [-0.05, 0) is 56.6 Å². The van der Waals surface area contributed by atoms with Crippen LogP contribution in [0.2, 0.25) is 0 Å². The Morgan fingerprint density at radius 2 is 2.08 bits per heavy atom. The molecule has 6 heteroatoms. The van der Waals surface area contributed by atoms with Crippen molar-refractivity contribution in [1.29, 1.82) is 0 Å². The second-order valence-electron chi connectivity index (χ2n) is 9.12. The molecule has 1 aromatic rings. The van der Waals surface area contributed by atoms with Gasteiger partial charge in [-0.15, -0.1) is 0 Å². The number of piperidine rings is 1.